The predicted molar refractivity (Wildman–Crippen MR) is 194 cm³/mol. The van der Waals surface area contributed by atoms with Gasteiger partial charge < -0.3 is 19.3 Å². The smallest absolute Gasteiger partial charge is 0.336 e. The Labute approximate surface area is 285 Å². The van der Waals surface area contributed by atoms with Gasteiger partial charge in [-0.15, -0.1) is 0 Å². The molecular weight excluding hydrogens is 604 g/mol. The second-order valence-electron chi connectivity index (χ2n) is 10.9. The van der Waals surface area contributed by atoms with Crippen molar-refractivity contribution in [2.45, 2.75) is 64.7 Å². The molecule has 0 aliphatic carbocycles. The minimum atomic E-state index is -0.566. The Balaban J connectivity index is 1.75. The third kappa shape index (κ3) is 16.9. The van der Waals surface area contributed by atoms with E-state index < -0.39 is 5.97 Å². The summed E-state index contributed by atoms with van der Waals surface area (Å²) < 4.78 is 15.8. The molecule has 7 heteroatoms. The number of hydrogen-bond donors (Lipinski definition) is 1. The predicted octanol–water partition coefficient (Wildman–Crippen LogP) is 9.49. The van der Waals surface area contributed by atoms with Gasteiger partial charge in [-0.05, 0) is 60.4 Å². The molecule has 0 amide bonds. The number of ketones is 2. The Kier molecular flexibility index (Phi) is 19.6. The van der Waals surface area contributed by atoms with Crippen molar-refractivity contribution in [2.75, 3.05) is 14.2 Å². The minimum absolute atomic E-state index is 0.00589. The molecule has 7 nitrogen and oxygen atoms in total. The quantitative estimate of drug-likeness (QED) is 0.0338. The molecule has 2 rings (SSSR count). The molecule has 0 saturated heterocycles. The molecule has 2 aromatic carbocycles. The van der Waals surface area contributed by atoms with E-state index in [4.69, 9.17) is 14.2 Å². The molecule has 0 fully saturated rings. The third-order valence-electron chi connectivity index (χ3n) is 6.99. The number of methoxy groups -OCH3 is 2. The average molecular weight is 653 g/mol. The van der Waals surface area contributed by atoms with Gasteiger partial charge >= 0.3 is 5.97 Å². The van der Waals surface area contributed by atoms with Gasteiger partial charge in [0.1, 0.15) is 0 Å². The van der Waals surface area contributed by atoms with Gasteiger partial charge in [-0.3, -0.25) is 9.59 Å². The van der Waals surface area contributed by atoms with Gasteiger partial charge in [0, 0.05) is 6.08 Å². The van der Waals surface area contributed by atoms with Crippen molar-refractivity contribution in [1.82, 2.24) is 0 Å². The summed E-state index contributed by atoms with van der Waals surface area (Å²) in [5.74, 6) is -0.487. The lowest BCUT2D eigenvalue weighted by molar-refractivity contribution is -0.129. The van der Waals surface area contributed by atoms with Crippen molar-refractivity contribution in [3.05, 3.63) is 120 Å². The van der Waals surface area contributed by atoms with E-state index in [1.54, 1.807) is 54.6 Å². The second-order valence-corrected chi connectivity index (χ2v) is 10.9. The summed E-state index contributed by atoms with van der Waals surface area (Å²) in [6.45, 7) is 2.24. The fraction of sp³-hybridized carbons (Fsp3) is 0.293. The van der Waals surface area contributed by atoms with Crippen LogP contribution in [-0.2, 0) is 14.4 Å². The third-order valence-corrected chi connectivity index (χ3v) is 6.99. The summed E-state index contributed by atoms with van der Waals surface area (Å²) in [7, 11) is 2.88. The van der Waals surface area contributed by atoms with Gasteiger partial charge in [-0.25, -0.2) is 4.79 Å². The fourth-order valence-electron chi connectivity index (χ4n) is 4.39. The first kappa shape index (κ1) is 39.0. The van der Waals surface area contributed by atoms with Crippen molar-refractivity contribution >= 4 is 29.7 Å². The maximum absolute atomic E-state index is 12.3. The van der Waals surface area contributed by atoms with E-state index >= 15 is 0 Å². The summed E-state index contributed by atoms with van der Waals surface area (Å²) in [4.78, 5) is 36.8. The Morgan fingerprint density at radius 3 is 1.79 bits per heavy atom. The lowest BCUT2D eigenvalue weighted by Crippen LogP contribution is -2.05. The molecule has 0 atom stereocenters. The summed E-state index contributed by atoms with van der Waals surface area (Å²) in [6.07, 6.45) is 34.2. The van der Waals surface area contributed by atoms with Crippen LogP contribution in [0.4, 0.5) is 0 Å². The van der Waals surface area contributed by atoms with Crippen LogP contribution in [0.5, 0.6) is 23.0 Å². The van der Waals surface area contributed by atoms with Crippen LogP contribution in [-0.4, -0.2) is 36.9 Å². The van der Waals surface area contributed by atoms with Gasteiger partial charge in [-0.1, -0.05) is 124 Å². The fourth-order valence-corrected chi connectivity index (χ4v) is 4.39. The molecule has 0 heterocycles. The van der Waals surface area contributed by atoms with Crippen LogP contribution in [0.15, 0.2) is 109 Å². The standard InChI is InChI=1S/C41H48O7/c1-4-5-6-7-8-9-10-11-12-13-14-15-16-17-18-19-20-21-41(45)48-38-29-25-34(31-40(38)47-3)23-27-36(43)32-35(42)26-22-33-24-28-37(44)39(30-33)46-2/h12-31,44H,4-11,32H2,1-3H3/b13-12+,15-14+,17-16+,19-18+,21-20+,26-22+,27-23+. The molecule has 0 radical (unpaired) electrons. The number of rotatable bonds is 22. The highest BCUT2D eigenvalue weighted by Crippen LogP contribution is 2.29. The van der Waals surface area contributed by atoms with Crippen LogP contribution in [0.3, 0.4) is 0 Å². The number of hydrogen-bond acceptors (Lipinski definition) is 7. The summed E-state index contributed by atoms with van der Waals surface area (Å²) in [6, 6.07) is 9.53. The number of ether oxygens (including phenoxy) is 3. The summed E-state index contributed by atoms with van der Waals surface area (Å²) >= 11 is 0. The van der Waals surface area contributed by atoms with E-state index in [-0.39, 0.29) is 35.2 Å². The molecule has 0 aliphatic heterocycles. The SMILES string of the molecule is CCCCCCCCC/C=C/C=C/C=C/C=C/C=C/C(=O)Oc1ccc(/C=C/C(=O)CC(=O)/C=C/c2ccc(O)c(OC)c2)cc1OC. The number of phenols is 1. The van der Waals surface area contributed by atoms with Crippen LogP contribution in [0.25, 0.3) is 12.2 Å². The van der Waals surface area contributed by atoms with Crippen LogP contribution in [0, 0.1) is 0 Å². The van der Waals surface area contributed by atoms with E-state index in [0.29, 0.717) is 16.9 Å². The molecule has 0 spiro atoms. The minimum Gasteiger partial charge on any atom is -0.504 e. The zero-order chi connectivity index (χ0) is 34.8. The van der Waals surface area contributed by atoms with Crippen molar-refractivity contribution in [3.8, 4) is 23.0 Å². The maximum atomic E-state index is 12.3. The highest BCUT2D eigenvalue weighted by atomic mass is 16.6. The Morgan fingerprint density at radius 2 is 1.17 bits per heavy atom. The van der Waals surface area contributed by atoms with E-state index in [1.807, 2.05) is 30.4 Å². The van der Waals surface area contributed by atoms with E-state index in [0.717, 1.165) is 6.42 Å². The number of aromatic hydroxyl groups is 1. The Morgan fingerprint density at radius 1 is 0.625 bits per heavy atom. The zero-order valence-corrected chi connectivity index (χ0v) is 28.3. The van der Waals surface area contributed by atoms with Crippen LogP contribution < -0.4 is 14.2 Å². The van der Waals surface area contributed by atoms with Crippen LogP contribution in [0.2, 0.25) is 0 Å². The number of unbranched alkanes of at least 4 members (excludes halogenated alkanes) is 7. The first-order valence-electron chi connectivity index (χ1n) is 16.4. The molecule has 0 aliphatic rings. The molecule has 48 heavy (non-hydrogen) atoms. The maximum Gasteiger partial charge on any atom is 0.336 e. The molecule has 2 aromatic rings. The average Bonchev–Trinajstić information content (AvgIpc) is 3.08. The van der Waals surface area contributed by atoms with Crippen molar-refractivity contribution in [3.63, 3.8) is 0 Å². The van der Waals surface area contributed by atoms with Crippen LogP contribution in [0.1, 0.15) is 75.8 Å². The number of allylic oxidation sites excluding steroid dienone is 11. The van der Waals surface area contributed by atoms with E-state index in [1.165, 1.54) is 83.5 Å². The topological polar surface area (TPSA) is 99.1 Å². The second kappa shape index (κ2) is 24.1. The summed E-state index contributed by atoms with van der Waals surface area (Å²) in [5, 5.41) is 9.68. The van der Waals surface area contributed by atoms with Crippen LogP contribution >= 0.6 is 0 Å². The molecule has 0 unspecified atom stereocenters. The summed E-state index contributed by atoms with van der Waals surface area (Å²) in [5.41, 5.74) is 1.27. The first-order valence-corrected chi connectivity index (χ1v) is 16.4. The zero-order valence-electron chi connectivity index (χ0n) is 28.3. The van der Waals surface area contributed by atoms with Crippen molar-refractivity contribution in [2.24, 2.45) is 0 Å². The van der Waals surface area contributed by atoms with Gasteiger partial charge in [-0.2, -0.15) is 0 Å². The van der Waals surface area contributed by atoms with Crippen molar-refractivity contribution in [1.29, 1.82) is 0 Å². The number of phenolic OH excluding ortho intramolecular Hbond substituents is 1. The lowest BCUT2D eigenvalue weighted by atomic mass is 10.1. The van der Waals surface area contributed by atoms with Gasteiger partial charge in [0.25, 0.3) is 0 Å². The number of benzene rings is 2. The van der Waals surface area contributed by atoms with Gasteiger partial charge in [0.2, 0.25) is 0 Å². The molecule has 1 N–H and O–H groups in total. The Hall–Kier alpha value is -5.17. The monoisotopic (exact) mass is 652 g/mol. The van der Waals surface area contributed by atoms with Crippen molar-refractivity contribution < 1.29 is 33.7 Å². The van der Waals surface area contributed by atoms with E-state index in [9.17, 15) is 19.5 Å². The highest BCUT2D eigenvalue weighted by molar-refractivity contribution is 6.10. The normalized spacial score (nSPS) is 12.1. The van der Waals surface area contributed by atoms with Gasteiger partial charge in [0.05, 0.1) is 20.6 Å². The highest BCUT2D eigenvalue weighted by Gasteiger charge is 2.09. The van der Waals surface area contributed by atoms with E-state index in [2.05, 4.69) is 19.1 Å². The first-order chi connectivity index (χ1) is 23.4. The molecule has 0 saturated carbocycles. The lowest BCUT2D eigenvalue weighted by Gasteiger charge is -2.08. The number of carbonyl (C=O) groups is 3. The molecular formula is C41H48O7. The number of esters is 1. The number of carbonyl (C=O) groups excluding carboxylic acids is 3. The Bertz CT molecular complexity index is 1520. The molecule has 0 aromatic heterocycles. The van der Waals surface area contributed by atoms with Gasteiger partial charge in [0.15, 0.2) is 34.6 Å². The molecule has 254 valence electrons. The largest absolute Gasteiger partial charge is 0.504 e. The molecule has 0 bridgehead atoms.